The molecule has 0 fully saturated rings. The fourth-order valence-electron chi connectivity index (χ4n) is 2.17. The van der Waals surface area contributed by atoms with E-state index < -0.39 is 10.0 Å². The van der Waals surface area contributed by atoms with E-state index in [4.69, 9.17) is 5.73 Å². The Morgan fingerprint density at radius 2 is 2.12 bits per heavy atom. The van der Waals surface area contributed by atoms with Gasteiger partial charge >= 0.3 is 0 Å². The highest BCUT2D eigenvalue weighted by Gasteiger charge is 2.29. The van der Waals surface area contributed by atoms with Crippen LogP contribution in [0.1, 0.15) is 19.4 Å². The molecule has 1 aromatic rings. The summed E-state index contributed by atoms with van der Waals surface area (Å²) in [5.41, 5.74) is 8.14. The Morgan fingerprint density at radius 3 is 2.76 bits per heavy atom. The third kappa shape index (κ3) is 2.39. The molecular formula is C12H18N2O2S. The van der Waals surface area contributed by atoms with E-state index in [0.717, 1.165) is 17.7 Å². The normalized spacial score (nSPS) is 15.4. The lowest BCUT2D eigenvalue weighted by Gasteiger charge is -2.20. The average molecular weight is 254 g/mol. The predicted molar refractivity (Wildman–Crippen MR) is 70.5 cm³/mol. The van der Waals surface area contributed by atoms with Crippen LogP contribution in [0.3, 0.4) is 0 Å². The molecule has 17 heavy (non-hydrogen) atoms. The molecule has 0 saturated heterocycles. The molecule has 0 aromatic heterocycles. The molecule has 94 valence electrons. The number of benzene rings is 1. The van der Waals surface area contributed by atoms with Crippen LogP contribution in [0, 0.1) is 5.92 Å². The number of hydrogen-bond acceptors (Lipinski definition) is 3. The summed E-state index contributed by atoms with van der Waals surface area (Å²) >= 11 is 0. The Balaban J connectivity index is 2.36. The topological polar surface area (TPSA) is 63.4 Å². The zero-order chi connectivity index (χ0) is 12.6. The van der Waals surface area contributed by atoms with Crippen LogP contribution in [0.4, 0.5) is 11.4 Å². The summed E-state index contributed by atoms with van der Waals surface area (Å²) in [4.78, 5) is 0. The SMILES string of the molecule is CC(C)CS(=O)(=O)N1CCc2ccc(N)cc21. The Labute approximate surface area is 102 Å². The van der Waals surface area contributed by atoms with Crippen LogP contribution in [-0.4, -0.2) is 20.7 Å². The van der Waals surface area contributed by atoms with Crippen molar-refractivity contribution in [3.8, 4) is 0 Å². The second-order valence-corrected chi connectivity index (χ2v) is 6.82. The second-order valence-electron chi connectivity index (χ2n) is 4.88. The second kappa shape index (κ2) is 4.22. The number of rotatable bonds is 3. The molecule has 0 unspecified atom stereocenters. The minimum atomic E-state index is -3.21. The van der Waals surface area contributed by atoms with Crippen LogP contribution < -0.4 is 10.0 Å². The van der Waals surface area contributed by atoms with Gasteiger partial charge in [0.15, 0.2) is 0 Å². The molecule has 1 aliphatic heterocycles. The number of sulfonamides is 1. The maximum absolute atomic E-state index is 12.2. The molecule has 1 aromatic carbocycles. The average Bonchev–Trinajstić information content (AvgIpc) is 2.58. The standard InChI is InChI=1S/C12H18N2O2S/c1-9(2)8-17(15,16)14-6-5-10-3-4-11(13)7-12(10)14/h3-4,7,9H,5-6,8,13H2,1-2H3. The quantitative estimate of drug-likeness (QED) is 0.834. The Bertz CT molecular complexity index is 523. The van der Waals surface area contributed by atoms with Crippen LogP contribution in [-0.2, 0) is 16.4 Å². The summed E-state index contributed by atoms with van der Waals surface area (Å²) in [6.45, 7) is 4.36. The van der Waals surface area contributed by atoms with Gasteiger partial charge in [0.25, 0.3) is 0 Å². The highest BCUT2D eigenvalue weighted by Crippen LogP contribution is 2.32. The Hall–Kier alpha value is -1.23. The van der Waals surface area contributed by atoms with Gasteiger partial charge in [-0.15, -0.1) is 0 Å². The lowest BCUT2D eigenvalue weighted by atomic mass is 10.1. The van der Waals surface area contributed by atoms with E-state index >= 15 is 0 Å². The molecule has 2 N–H and O–H groups in total. The molecular weight excluding hydrogens is 236 g/mol. The van der Waals surface area contributed by atoms with Crippen LogP contribution >= 0.6 is 0 Å². The van der Waals surface area contributed by atoms with Crippen molar-refractivity contribution < 1.29 is 8.42 Å². The third-order valence-corrected chi connectivity index (χ3v) is 4.98. The summed E-state index contributed by atoms with van der Waals surface area (Å²) in [5, 5.41) is 0. The van der Waals surface area contributed by atoms with E-state index in [9.17, 15) is 8.42 Å². The summed E-state index contributed by atoms with van der Waals surface area (Å²) in [6, 6.07) is 5.48. The molecule has 0 bridgehead atoms. The van der Waals surface area contributed by atoms with Crippen LogP contribution in [0.15, 0.2) is 18.2 Å². The zero-order valence-electron chi connectivity index (χ0n) is 10.2. The van der Waals surface area contributed by atoms with Gasteiger partial charge < -0.3 is 5.73 Å². The minimum absolute atomic E-state index is 0.130. The Kier molecular flexibility index (Phi) is 3.03. The van der Waals surface area contributed by atoms with Gasteiger partial charge in [-0.25, -0.2) is 8.42 Å². The molecule has 1 heterocycles. The van der Waals surface area contributed by atoms with Crippen LogP contribution in [0.5, 0.6) is 0 Å². The van der Waals surface area contributed by atoms with E-state index in [-0.39, 0.29) is 11.7 Å². The number of nitrogen functional groups attached to an aromatic ring is 1. The molecule has 4 nitrogen and oxygen atoms in total. The van der Waals surface area contributed by atoms with E-state index in [1.807, 2.05) is 26.0 Å². The van der Waals surface area contributed by atoms with Crippen molar-refractivity contribution in [2.75, 3.05) is 22.3 Å². The molecule has 5 heteroatoms. The highest BCUT2D eigenvalue weighted by atomic mass is 32.2. The molecule has 1 aliphatic rings. The van der Waals surface area contributed by atoms with Crippen LogP contribution in [0.25, 0.3) is 0 Å². The van der Waals surface area contributed by atoms with Gasteiger partial charge in [0, 0.05) is 12.2 Å². The first kappa shape index (κ1) is 12.2. The lowest BCUT2D eigenvalue weighted by Crippen LogP contribution is -2.33. The van der Waals surface area contributed by atoms with Gasteiger partial charge in [0.1, 0.15) is 0 Å². The van der Waals surface area contributed by atoms with Crippen molar-refractivity contribution in [2.24, 2.45) is 5.92 Å². The number of nitrogens with two attached hydrogens (primary N) is 1. The minimum Gasteiger partial charge on any atom is -0.399 e. The van der Waals surface area contributed by atoms with Crippen LogP contribution in [0.2, 0.25) is 0 Å². The molecule has 0 amide bonds. The van der Waals surface area contributed by atoms with Gasteiger partial charge in [-0.1, -0.05) is 19.9 Å². The fourth-order valence-corrected chi connectivity index (χ4v) is 4.03. The first-order valence-corrected chi connectivity index (χ1v) is 7.40. The van der Waals surface area contributed by atoms with Crippen molar-refractivity contribution >= 4 is 21.4 Å². The van der Waals surface area contributed by atoms with Gasteiger partial charge in [-0.3, -0.25) is 4.31 Å². The molecule has 0 atom stereocenters. The summed E-state index contributed by atoms with van der Waals surface area (Å²) in [7, 11) is -3.21. The van der Waals surface area contributed by atoms with Gasteiger partial charge in [0.2, 0.25) is 10.0 Å². The zero-order valence-corrected chi connectivity index (χ0v) is 11.0. The van der Waals surface area contributed by atoms with E-state index in [1.165, 1.54) is 4.31 Å². The number of hydrogen-bond donors (Lipinski definition) is 1. The molecule has 0 spiro atoms. The lowest BCUT2D eigenvalue weighted by molar-refractivity contribution is 0.578. The van der Waals surface area contributed by atoms with Crippen molar-refractivity contribution in [3.05, 3.63) is 23.8 Å². The van der Waals surface area contributed by atoms with Crippen molar-refractivity contribution in [2.45, 2.75) is 20.3 Å². The van der Waals surface area contributed by atoms with Gasteiger partial charge in [-0.05, 0) is 30.0 Å². The van der Waals surface area contributed by atoms with Crippen molar-refractivity contribution in [1.29, 1.82) is 0 Å². The highest BCUT2D eigenvalue weighted by molar-refractivity contribution is 7.92. The monoisotopic (exact) mass is 254 g/mol. The van der Waals surface area contributed by atoms with Gasteiger partial charge in [0.05, 0.1) is 11.4 Å². The number of anilines is 2. The summed E-state index contributed by atoms with van der Waals surface area (Å²) in [5.74, 6) is 0.312. The summed E-state index contributed by atoms with van der Waals surface area (Å²) < 4.78 is 25.9. The van der Waals surface area contributed by atoms with Gasteiger partial charge in [-0.2, -0.15) is 0 Å². The molecule has 0 saturated carbocycles. The molecule has 2 rings (SSSR count). The molecule has 0 aliphatic carbocycles. The maximum atomic E-state index is 12.2. The number of fused-ring (bicyclic) bond motifs is 1. The smallest absolute Gasteiger partial charge is 0.235 e. The Morgan fingerprint density at radius 1 is 1.41 bits per heavy atom. The van der Waals surface area contributed by atoms with E-state index in [2.05, 4.69) is 0 Å². The molecule has 0 radical (unpaired) electrons. The first-order valence-electron chi connectivity index (χ1n) is 5.79. The first-order chi connectivity index (χ1) is 7.90. The third-order valence-electron chi connectivity index (χ3n) is 2.84. The van der Waals surface area contributed by atoms with E-state index in [0.29, 0.717) is 12.2 Å². The van der Waals surface area contributed by atoms with Crippen molar-refractivity contribution in [1.82, 2.24) is 0 Å². The fraction of sp³-hybridized carbons (Fsp3) is 0.500. The number of nitrogens with zero attached hydrogens (tertiary/aromatic N) is 1. The van der Waals surface area contributed by atoms with E-state index in [1.54, 1.807) is 6.07 Å². The maximum Gasteiger partial charge on any atom is 0.235 e. The summed E-state index contributed by atoms with van der Waals surface area (Å²) in [6.07, 6.45) is 0.771. The predicted octanol–water partition coefficient (Wildman–Crippen LogP) is 1.62. The largest absolute Gasteiger partial charge is 0.399 e. The van der Waals surface area contributed by atoms with Crippen molar-refractivity contribution in [3.63, 3.8) is 0 Å².